The van der Waals surface area contributed by atoms with Crippen molar-refractivity contribution in [3.8, 4) is 77.9 Å². The molecule has 57 heavy (non-hydrogen) atoms. The minimum Gasteiger partial charge on any atom is -0.0622 e. The van der Waals surface area contributed by atoms with Crippen molar-refractivity contribution >= 4 is 21.5 Å². The molecule has 0 radical (unpaired) electrons. The zero-order chi connectivity index (χ0) is 37.2. The zero-order valence-electron chi connectivity index (χ0n) is 31.1. The average Bonchev–Trinajstić information content (AvgIpc) is 3.88. The van der Waals surface area contributed by atoms with E-state index in [-0.39, 0.29) is 5.41 Å². The molecule has 0 saturated heterocycles. The van der Waals surface area contributed by atoms with Gasteiger partial charge in [0.1, 0.15) is 0 Å². The summed E-state index contributed by atoms with van der Waals surface area (Å²) in [7, 11) is 0. The molecule has 0 saturated carbocycles. The maximum Gasteiger partial charge on any atom is 0.0725 e. The number of benzene rings is 10. The van der Waals surface area contributed by atoms with Gasteiger partial charge in [0.2, 0.25) is 0 Å². The van der Waals surface area contributed by atoms with Crippen LogP contribution in [0.15, 0.2) is 206 Å². The van der Waals surface area contributed by atoms with E-state index in [0.29, 0.717) is 0 Å². The molecular weight excluding hydrogens is 685 g/mol. The maximum atomic E-state index is 2.58. The van der Waals surface area contributed by atoms with Crippen LogP contribution in [0.3, 0.4) is 0 Å². The lowest BCUT2D eigenvalue weighted by atomic mass is 9.70. The van der Waals surface area contributed by atoms with Crippen LogP contribution in [0.25, 0.3) is 99.4 Å². The van der Waals surface area contributed by atoms with Gasteiger partial charge < -0.3 is 0 Å². The van der Waals surface area contributed by atoms with Crippen molar-refractivity contribution in [3.63, 3.8) is 0 Å². The second-order valence-electron chi connectivity index (χ2n) is 15.9. The summed E-state index contributed by atoms with van der Waals surface area (Å²) in [5, 5.41) is 5.23. The van der Waals surface area contributed by atoms with E-state index in [9.17, 15) is 0 Å². The lowest BCUT2D eigenvalue weighted by Crippen LogP contribution is -2.25. The summed E-state index contributed by atoms with van der Waals surface area (Å²) in [6, 6.07) is 77.4. The predicted octanol–water partition coefficient (Wildman–Crippen LogP) is 15.0. The lowest BCUT2D eigenvalue weighted by molar-refractivity contribution is 0.795. The number of rotatable bonds is 3. The van der Waals surface area contributed by atoms with Gasteiger partial charge in [0.25, 0.3) is 0 Å². The molecule has 0 heterocycles. The van der Waals surface area contributed by atoms with Gasteiger partial charge in [-0.2, -0.15) is 0 Å². The SMILES string of the molecule is c1ccc(-c2cccc(-c3ccccc3)c2-c2ccc3cc4c(cc3c2)-c2cccc3c5c(cc-4c23)C2(c3ccccc3-c3ccccc32)c2ccccc2-5)cc1. The van der Waals surface area contributed by atoms with Gasteiger partial charge in [0.15, 0.2) is 0 Å². The number of fused-ring (bicyclic) bond motifs is 15. The van der Waals surface area contributed by atoms with Gasteiger partial charge >= 0.3 is 0 Å². The molecule has 10 aromatic carbocycles. The van der Waals surface area contributed by atoms with Gasteiger partial charge in [0, 0.05) is 0 Å². The molecule has 0 unspecified atom stereocenters. The van der Waals surface area contributed by atoms with E-state index in [1.165, 1.54) is 122 Å². The van der Waals surface area contributed by atoms with E-state index in [1.54, 1.807) is 0 Å². The quantitative estimate of drug-likeness (QED) is 0.171. The van der Waals surface area contributed by atoms with Gasteiger partial charge in [-0.25, -0.2) is 0 Å². The van der Waals surface area contributed by atoms with E-state index in [1.807, 2.05) is 0 Å². The van der Waals surface area contributed by atoms with Crippen LogP contribution in [-0.2, 0) is 5.41 Å². The second kappa shape index (κ2) is 11.4. The molecule has 0 bridgehead atoms. The second-order valence-corrected chi connectivity index (χ2v) is 15.9. The summed E-state index contributed by atoms with van der Waals surface area (Å²) in [6.45, 7) is 0. The Bertz CT molecular complexity index is 3230. The van der Waals surface area contributed by atoms with Crippen molar-refractivity contribution < 1.29 is 0 Å². The highest BCUT2D eigenvalue weighted by Crippen LogP contribution is 2.65. The van der Waals surface area contributed by atoms with Crippen molar-refractivity contribution in [2.75, 3.05) is 0 Å². The summed E-state index contributed by atoms with van der Waals surface area (Å²) in [5.41, 5.74) is 23.3. The molecule has 0 amide bonds. The fourth-order valence-electron chi connectivity index (χ4n) is 11.0. The predicted molar refractivity (Wildman–Crippen MR) is 238 cm³/mol. The topological polar surface area (TPSA) is 0 Å². The van der Waals surface area contributed by atoms with E-state index < -0.39 is 0 Å². The molecule has 0 aromatic heterocycles. The Hall–Kier alpha value is -7.28. The Morgan fingerprint density at radius 2 is 0.754 bits per heavy atom. The first kappa shape index (κ1) is 31.0. The summed E-state index contributed by atoms with van der Waals surface area (Å²) in [5.74, 6) is 0. The third-order valence-corrected chi connectivity index (χ3v) is 13.2. The highest BCUT2D eigenvalue weighted by atomic mass is 14.5. The number of hydrogen-bond acceptors (Lipinski definition) is 0. The monoisotopic (exact) mass is 718 g/mol. The van der Waals surface area contributed by atoms with Gasteiger partial charge in [-0.15, -0.1) is 0 Å². The fourth-order valence-corrected chi connectivity index (χ4v) is 11.0. The molecule has 0 N–H and O–H groups in total. The minimum absolute atomic E-state index is 0.378. The van der Waals surface area contributed by atoms with Crippen molar-refractivity contribution in [1.29, 1.82) is 0 Å². The molecule has 0 atom stereocenters. The van der Waals surface area contributed by atoms with Crippen LogP contribution >= 0.6 is 0 Å². The first-order chi connectivity index (χ1) is 28.3. The van der Waals surface area contributed by atoms with Crippen LogP contribution in [-0.4, -0.2) is 0 Å². The van der Waals surface area contributed by atoms with E-state index in [0.717, 1.165) is 0 Å². The smallest absolute Gasteiger partial charge is 0.0622 e. The van der Waals surface area contributed by atoms with Crippen LogP contribution < -0.4 is 0 Å². The largest absolute Gasteiger partial charge is 0.0725 e. The molecular formula is C57H34. The summed E-state index contributed by atoms with van der Waals surface area (Å²) in [6.07, 6.45) is 0. The lowest BCUT2D eigenvalue weighted by Gasteiger charge is -2.30. The Balaban J connectivity index is 1.06. The highest BCUT2D eigenvalue weighted by molar-refractivity contribution is 6.22. The Labute approximate surface area is 332 Å². The normalized spacial score (nSPS) is 13.4. The highest BCUT2D eigenvalue weighted by Gasteiger charge is 2.52. The fraction of sp³-hybridized carbons (Fsp3) is 0.0175. The molecule has 262 valence electrons. The molecule has 0 fully saturated rings. The van der Waals surface area contributed by atoms with Crippen LogP contribution in [0, 0.1) is 0 Å². The first-order valence-corrected chi connectivity index (χ1v) is 20.0. The van der Waals surface area contributed by atoms with Gasteiger partial charge in [-0.1, -0.05) is 182 Å². The van der Waals surface area contributed by atoms with Gasteiger partial charge in [0.05, 0.1) is 5.41 Å². The van der Waals surface area contributed by atoms with Crippen molar-refractivity contribution in [1.82, 2.24) is 0 Å². The molecule has 3 aliphatic rings. The van der Waals surface area contributed by atoms with E-state index >= 15 is 0 Å². The third-order valence-electron chi connectivity index (χ3n) is 13.2. The van der Waals surface area contributed by atoms with Crippen molar-refractivity contribution in [2.45, 2.75) is 5.41 Å². The Morgan fingerprint density at radius 3 is 1.42 bits per heavy atom. The average molecular weight is 719 g/mol. The summed E-state index contributed by atoms with van der Waals surface area (Å²) < 4.78 is 0. The molecule has 1 spiro atoms. The molecule has 0 aliphatic heterocycles. The molecule has 0 heteroatoms. The van der Waals surface area contributed by atoms with Crippen molar-refractivity contribution in [2.24, 2.45) is 0 Å². The van der Waals surface area contributed by atoms with Gasteiger partial charge in [-0.3, -0.25) is 0 Å². The first-order valence-electron chi connectivity index (χ1n) is 20.0. The molecule has 0 nitrogen and oxygen atoms in total. The number of hydrogen-bond donors (Lipinski definition) is 0. The molecule has 3 aliphatic carbocycles. The van der Waals surface area contributed by atoms with E-state index in [2.05, 4.69) is 206 Å². The summed E-state index contributed by atoms with van der Waals surface area (Å²) in [4.78, 5) is 0. The van der Waals surface area contributed by atoms with Crippen LogP contribution in [0.5, 0.6) is 0 Å². The van der Waals surface area contributed by atoms with Gasteiger partial charge in [-0.05, 0) is 146 Å². The Morgan fingerprint density at radius 1 is 0.246 bits per heavy atom. The molecule has 13 rings (SSSR count). The zero-order valence-corrected chi connectivity index (χ0v) is 31.1. The minimum atomic E-state index is -0.378. The standard InChI is InChI=1S/C57H34/c1-3-15-35(16-4-1)40-22-13-23-41(36-17-5-2-6-18-36)54(40)38-30-29-37-32-48-47(33-39(37)31-38)44-24-14-25-46-55(44)49(48)34-53-56(46)45-21-9-12-28-52(45)57(53)50-26-10-7-19-42(50)43-20-8-11-27-51(43)57/h1-34H. The third kappa shape index (κ3) is 4.02. The molecule has 10 aromatic rings. The maximum absolute atomic E-state index is 2.58. The van der Waals surface area contributed by atoms with Crippen LogP contribution in [0.2, 0.25) is 0 Å². The summed E-state index contributed by atoms with van der Waals surface area (Å²) >= 11 is 0. The van der Waals surface area contributed by atoms with Crippen LogP contribution in [0.1, 0.15) is 22.3 Å². The van der Waals surface area contributed by atoms with E-state index in [4.69, 9.17) is 0 Å². The Kier molecular flexibility index (Phi) is 6.19. The van der Waals surface area contributed by atoms with Crippen LogP contribution in [0.4, 0.5) is 0 Å². The van der Waals surface area contributed by atoms with Crippen molar-refractivity contribution in [3.05, 3.63) is 229 Å².